The van der Waals surface area contributed by atoms with Gasteiger partial charge in [-0.1, -0.05) is 11.6 Å². The zero-order chi connectivity index (χ0) is 19.4. The third-order valence-electron chi connectivity index (χ3n) is 4.98. The molecule has 1 atom stereocenters. The maximum Gasteiger partial charge on any atom is 0.282 e. The molecule has 1 saturated heterocycles. The van der Waals surface area contributed by atoms with Gasteiger partial charge in [0, 0.05) is 23.5 Å². The van der Waals surface area contributed by atoms with Gasteiger partial charge >= 0.3 is 0 Å². The van der Waals surface area contributed by atoms with Crippen LogP contribution in [0.1, 0.15) is 12.5 Å². The zero-order valence-corrected chi connectivity index (χ0v) is 16.6. The van der Waals surface area contributed by atoms with Gasteiger partial charge in [-0.15, -0.1) is 0 Å². The quantitative estimate of drug-likeness (QED) is 0.802. The molecular weight excluding hydrogens is 366 g/mol. The van der Waals surface area contributed by atoms with Gasteiger partial charge in [-0.05, 0) is 31.5 Å². The van der Waals surface area contributed by atoms with Crippen LogP contribution in [-0.2, 0) is 4.79 Å². The number of rotatable bonds is 5. The van der Waals surface area contributed by atoms with E-state index in [1.54, 1.807) is 25.6 Å². The van der Waals surface area contributed by atoms with Crippen LogP contribution >= 0.6 is 11.6 Å². The summed E-state index contributed by atoms with van der Waals surface area (Å²) in [4.78, 5) is 24.8. The van der Waals surface area contributed by atoms with Gasteiger partial charge in [-0.25, -0.2) is 9.97 Å². The molecule has 0 bridgehead atoms. The van der Waals surface area contributed by atoms with Crippen LogP contribution in [0, 0.1) is 6.92 Å². The number of hydrogen-bond donors (Lipinski definition) is 2. The number of amides is 1. The fourth-order valence-electron chi connectivity index (χ4n) is 3.24. The number of anilines is 2. The average molecular weight is 391 g/mol. The molecule has 144 valence electrons. The Kier molecular flexibility index (Phi) is 6.13. The van der Waals surface area contributed by atoms with E-state index in [4.69, 9.17) is 16.3 Å². The summed E-state index contributed by atoms with van der Waals surface area (Å²) in [5.41, 5.74) is 1.54. The van der Waals surface area contributed by atoms with E-state index in [0.717, 1.165) is 37.7 Å². The minimum absolute atomic E-state index is 0.0329. The molecule has 27 heavy (non-hydrogen) atoms. The Morgan fingerprint density at radius 2 is 1.96 bits per heavy atom. The maximum absolute atomic E-state index is 12.8. The van der Waals surface area contributed by atoms with Gasteiger partial charge in [0.15, 0.2) is 6.04 Å². The molecule has 1 aliphatic rings. The number of ether oxygens (including phenoxy) is 1. The Bertz CT molecular complexity index is 794. The molecule has 0 aliphatic carbocycles. The van der Waals surface area contributed by atoms with Crippen molar-refractivity contribution in [3.63, 3.8) is 0 Å². The lowest BCUT2D eigenvalue weighted by Gasteiger charge is -2.34. The van der Waals surface area contributed by atoms with Gasteiger partial charge in [0.05, 0.1) is 39.0 Å². The minimum atomic E-state index is -0.176. The number of nitrogens with zero attached hydrogens (tertiary/aromatic N) is 3. The van der Waals surface area contributed by atoms with Crippen molar-refractivity contribution >= 4 is 29.1 Å². The number of carbonyl (C=O) groups is 1. The van der Waals surface area contributed by atoms with E-state index in [2.05, 4.69) is 20.2 Å². The van der Waals surface area contributed by atoms with Crippen LogP contribution in [0.3, 0.4) is 0 Å². The van der Waals surface area contributed by atoms with E-state index >= 15 is 0 Å². The van der Waals surface area contributed by atoms with E-state index in [-0.39, 0.29) is 11.9 Å². The number of hydrogen-bond acceptors (Lipinski definition) is 5. The Balaban J connectivity index is 1.61. The first-order valence-electron chi connectivity index (χ1n) is 9.01. The average Bonchev–Trinajstić information content (AvgIpc) is 2.70. The molecule has 1 fully saturated rings. The van der Waals surface area contributed by atoms with Crippen molar-refractivity contribution in [2.45, 2.75) is 19.9 Å². The number of methoxy groups -OCH3 is 1. The standard InChI is InChI=1S/C19H24ClN5O2/c1-13-11-16(17(27-3)12-15(13)20)23-18(26)14(2)24-7-9-25(10-8-24)19-21-5-4-6-22-19/h4-6,11-12,14H,7-10H2,1-3H3,(H,23,26)/p+1/t14-/m1/s1. The van der Waals surface area contributed by atoms with Crippen molar-refractivity contribution in [1.82, 2.24) is 9.97 Å². The molecule has 8 heteroatoms. The molecule has 1 aromatic carbocycles. The zero-order valence-electron chi connectivity index (χ0n) is 15.8. The van der Waals surface area contributed by atoms with Crippen LogP contribution in [0.5, 0.6) is 5.75 Å². The Hall–Kier alpha value is -2.38. The number of benzene rings is 1. The largest absolute Gasteiger partial charge is 0.495 e. The highest BCUT2D eigenvalue weighted by Gasteiger charge is 2.30. The molecule has 3 rings (SSSR count). The molecule has 1 amide bonds. The highest BCUT2D eigenvalue weighted by Crippen LogP contribution is 2.30. The summed E-state index contributed by atoms with van der Waals surface area (Å²) < 4.78 is 5.34. The van der Waals surface area contributed by atoms with Gasteiger partial charge in [0.1, 0.15) is 5.75 Å². The number of aromatic nitrogens is 2. The molecular formula is C19H25ClN5O2+. The smallest absolute Gasteiger partial charge is 0.282 e. The van der Waals surface area contributed by atoms with Crippen molar-refractivity contribution < 1.29 is 14.4 Å². The van der Waals surface area contributed by atoms with Gasteiger partial charge < -0.3 is 19.9 Å². The highest BCUT2D eigenvalue weighted by atomic mass is 35.5. The van der Waals surface area contributed by atoms with Crippen LogP contribution in [0.4, 0.5) is 11.6 Å². The number of carbonyl (C=O) groups excluding carboxylic acids is 1. The van der Waals surface area contributed by atoms with Crippen LogP contribution in [0.25, 0.3) is 0 Å². The molecule has 2 N–H and O–H groups in total. The Morgan fingerprint density at radius 1 is 1.30 bits per heavy atom. The number of nitrogens with one attached hydrogen (secondary N) is 2. The summed E-state index contributed by atoms with van der Waals surface area (Å²) >= 11 is 6.14. The second-order valence-corrected chi connectivity index (χ2v) is 7.11. The van der Waals surface area contributed by atoms with Crippen LogP contribution < -0.4 is 19.9 Å². The molecule has 1 aromatic heterocycles. The van der Waals surface area contributed by atoms with Gasteiger partial charge in [-0.2, -0.15) is 0 Å². The minimum Gasteiger partial charge on any atom is -0.495 e. The lowest BCUT2D eigenvalue weighted by molar-refractivity contribution is -0.914. The number of halogens is 1. The van der Waals surface area contributed by atoms with Crippen molar-refractivity contribution in [2.75, 3.05) is 43.5 Å². The van der Waals surface area contributed by atoms with E-state index < -0.39 is 0 Å². The SMILES string of the molecule is COc1cc(Cl)c(C)cc1NC(=O)[C@@H](C)[NH+]1CCN(c2ncccn2)CC1. The molecule has 2 heterocycles. The fourth-order valence-corrected chi connectivity index (χ4v) is 3.39. The molecule has 0 unspecified atom stereocenters. The van der Waals surface area contributed by atoms with Gasteiger partial charge in [0.2, 0.25) is 5.95 Å². The number of piperazine rings is 1. The summed E-state index contributed by atoms with van der Waals surface area (Å²) in [5.74, 6) is 1.27. The van der Waals surface area contributed by atoms with Gasteiger partial charge in [-0.3, -0.25) is 4.79 Å². The molecule has 7 nitrogen and oxygen atoms in total. The fraction of sp³-hybridized carbons (Fsp3) is 0.421. The first-order valence-corrected chi connectivity index (χ1v) is 9.39. The van der Waals surface area contributed by atoms with Crippen molar-refractivity contribution in [2.24, 2.45) is 0 Å². The monoisotopic (exact) mass is 390 g/mol. The summed E-state index contributed by atoms with van der Waals surface area (Å²) in [5, 5.41) is 3.60. The van der Waals surface area contributed by atoms with E-state index in [0.29, 0.717) is 16.5 Å². The molecule has 1 aliphatic heterocycles. The van der Waals surface area contributed by atoms with E-state index in [1.165, 1.54) is 4.90 Å². The first-order chi connectivity index (χ1) is 13.0. The van der Waals surface area contributed by atoms with Gasteiger partial charge in [0.25, 0.3) is 5.91 Å². The summed E-state index contributed by atoms with van der Waals surface area (Å²) in [7, 11) is 1.57. The second kappa shape index (κ2) is 8.54. The lowest BCUT2D eigenvalue weighted by atomic mass is 10.1. The van der Waals surface area contributed by atoms with Crippen molar-refractivity contribution in [3.8, 4) is 5.75 Å². The second-order valence-electron chi connectivity index (χ2n) is 6.71. The topological polar surface area (TPSA) is 71.8 Å². The number of aryl methyl sites for hydroxylation is 1. The van der Waals surface area contributed by atoms with Crippen LogP contribution in [0.15, 0.2) is 30.6 Å². The molecule has 0 spiro atoms. The summed E-state index contributed by atoms with van der Waals surface area (Å²) in [6, 6.07) is 5.20. The summed E-state index contributed by atoms with van der Waals surface area (Å²) in [6.45, 7) is 7.19. The van der Waals surface area contributed by atoms with Crippen molar-refractivity contribution in [3.05, 3.63) is 41.2 Å². The van der Waals surface area contributed by atoms with E-state index in [9.17, 15) is 4.79 Å². The predicted octanol–water partition coefficient (Wildman–Crippen LogP) is 1.18. The third-order valence-corrected chi connectivity index (χ3v) is 5.39. The first kappa shape index (κ1) is 19.4. The highest BCUT2D eigenvalue weighted by molar-refractivity contribution is 6.31. The van der Waals surface area contributed by atoms with Crippen LogP contribution in [-0.4, -0.2) is 55.2 Å². The number of quaternary nitrogens is 1. The summed E-state index contributed by atoms with van der Waals surface area (Å²) in [6.07, 6.45) is 3.50. The normalized spacial score (nSPS) is 16.1. The maximum atomic E-state index is 12.8. The Labute approximate surface area is 164 Å². The van der Waals surface area contributed by atoms with Crippen molar-refractivity contribution in [1.29, 1.82) is 0 Å². The predicted molar refractivity (Wildman–Crippen MR) is 106 cm³/mol. The third kappa shape index (κ3) is 4.48. The lowest BCUT2D eigenvalue weighted by Crippen LogP contribution is -3.19. The molecule has 0 saturated carbocycles. The Morgan fingerprint density at radius 3 is 2.59 bits per heavy atom. The van der Waals surface area contributed by atoms with Crippen LogP contribution in [0.2, 0.25) is 5.02 Å². The molecule has 0 radical (unpaired) electrons. The molecule has 2 aromatic rings. The van der Waals surface area contributed by atoms with E-state index in [1.807, 2.05) is 26.0 Å².